The van der Waals surface area contributed by atoms with E-state index in [9.17, 15) is 9.59 Å². The highest BCUT2D eigenvalue weighted by Crippen LogP contribution is 2.15. The predicted octanol–water partition coefficient (Wildman–Crippen LogP) is 5.10. The number of amides is 2. The molecule has 0 saturated carbocycles. The van der Waals surface area contributed by atoms with Gasteiger partial charge < -0.3 is 14.4 Å². The summed E-state index contributed by atoms with van der Waals surface area (Å²) in [5, 5.41) is 0. The van der Waals surface area contributed by atoms with Gasteiger partial charge in [-0.3, -0.25) is 9.59 Å². The molecular formula is C28H35N3O2. The molecule has 1 aromatic heterocycles. The van der Waals surface area contributed by atoms with Crippen LogP contribution in [-0.2, 0) is 29.2 Å². The van der Waals surface area contributed by atoms with Gasteiger partial charge in [0, 0.05) is 37.4 Å². The van der Waals surface area contributed by atoms with E-state index in [1.807, 2.05) is 80.3 Å². The number of nitrogens with zero attached hydrogens (tertiary/aromatic N) is 3. The van der Waals surface area contributed by atoms with Crippen molar-refractivity contribution in [3.8, 4) is 0 Å². The standard InChI is InChI=1S/C28H35N3O2/c1-4-12-27(32)31(23(2)3)22-28(33)30(20-25-15-9-6-10-16-25)21-26-17-11-18-29(26)19-24-13-7-5-8-14-24/h5-11,13-18,23H,4,12,19-22H2,1-3H3. The molecule has 0 unspecified atom stereocenters. The van der Waals surface area contributed by atoms with Gasteiger partial charge in [0.2, 0.25) is 11.8 Å². The zero-order chi connectivity index (χ0) is 23.6. The van der Waals surface area contributed by atoms with E-state index in [-0.39, 0.29) is 24.4 Å². The maximum Gasteiger partial charge on any atom is 0.242 e. The number of benzene rings is 2. The second-order valence-corrected chi connectivity index (χ2v) is 8.71. The Morgan fingerprint density at radius 3 is 2.06 bits per heavy atom. The first-order valence-corrected chi connectivity index (χ1v) is 11.8. The van der Waals surface area contributed by atoms with Crippen molar-refractivity contribution in [2.24, 2.45) is 0 Å². The first-order valence-electron chi connectivity index (χ1n) is 11.8. The van der Waals surface area contributed by atoms with Gasteiger partial charge in [-0.15, -0.1) is 0 Å². The number of carbonyl (C=O) groups is 2. The second-order valence-electron chi connectivity index (χ2n) is 8.71. The third-order valence-corrected chi connectivity index (χ3v) is 5.75. The van der Waals surface area contributed by atoms with Gasteiger partial charge >= 0.3 is 0 Å². The SMILES string of the molecule is CCCC(=O)N(CC(=O)N(Cc1ccccc1)Cc1cccn1Cc1ccccc1)C(C)C. The van der Waals surface area contributed by atoms with Crippen molar-refractivity contribution >= 4 is 11.8 Å². The molecule has 33 heavy (non-hydrogen) atoms. The normalized spacial score (nSPS) is 10.9. The van der Waals surface area contributed by atoms with E-state index in [0.29, 0.717) is 19.5 Å². The van der Waals surface area contributed by atoms with Crippen LogP contribution in [0.15, 0.2) is 79.0 Å². The summed E-state index contributed by atoms with van der Waals surface area (Å²) in [5.41, 5.74) is 3.36. The van der Waals surface area contributed by atoms with E-state index in [0.717, 1.165) is 24.2 Å². The molecule has 0 atom stereocenters. The zero-order valence-electron chi connectivity index (χ0n) is 20.0. The zero-order valence-corrected chi connectivity index (χ0v) is 20.0. The molecule has 0 N–H and O–H groups in total. The van der Waals surface area contributed by atoms with Crippen LogP contribution < -0.4 is 0 Å². The monoisotopic (exact) mass is 445 g/mol. The Bertz CT molecular complexity index is 1010. The summed E-state index contributed by atoms with van der Waals surface area (Å²) in [4.78, 5) is 29.7. The molecule has 174 valence electrons. The summed E-state index contributed by atoms with van der Waals surface area (Å²) in [6, 6.07) is 24.4. The van der Waals surface area contributed by atoms with Gasteiger partial charge in [0.05, 0.1) is 13.1 Å². The van der Waals surface area contributed by atoms with Crippen molar-refractivity contribution in [2.75, 3.05) is 6.54 Å². The average molecular weight is 446 g/mol. The van der Waals surface area contributed by atoms with Crippen LogP contribution in [0.2, 0.25) is 0 Å². The van der Waals surface area contributed by atoms with Crippen LogP contribution in [0.25, 0.3) is 0 Å². The van der Waals surface area contributed by atoms with Gasteiger partial charge in [-0.1, -0.05) is 67.6 Å². The van der Waals surface area contributed by atoms with E-state index in [4.69, 9.17) is 0 Å². The van der Waals surface area contributed by atoms with Crippen LogP contribution in [0, 0.1) is 0 Å². The highest BCUT2D eigenvalue weighted by molar-refractivity contribution is 5.85. The van der Waals surface area contributed by atoms with Gasteiger partial charge in [0.25, 0.3) is 0 Å². The molecule has 3 aromatic rings. The molecule has 0 aliphatic heterocycles. The van der Waals surface area contributed by atoms with Crippen molar-refractivity contribution in [1.82, 2.24) is 14.4 Å². The topological polar surface area (TPSA) is 45.6 Å². The van der Waals surface area contributed by atoms with Crippen molar-refractivity contribution in [2.45, 2.75) is 59.3 Å². The number of hydrogen-bond donors (Lipinski definition) is 0. The summed E-state index contributed by atoms with van der Waals surface area (Å²) >= 11 is 0. The Hall–Kier alpha value is -3.34. The minimum atomic E-state index is -0.0375. The molecule has 1 heterocycles. The number of hydrogen-bond acceptors (Lipinski definition) is 2. The van der Waals surface area contributed by atoms with Crippen LogP contribution in [0.4, 0.5) is 0 Å². The third-order valence-electron chi connectivity index (χ3n) is 5.75. The van der Waals surface area contributed by atoms with Crippen molar-refractivity contribution in [3.63, 3.8) is 0 Å². The number of aromatic nitrogens is 1. The highest BCUT2D eigenvalue weighted by Gasteiger charge is 2.24. The molecule has 0 aliphatic rings. The van der Waals surface area contributed by atoms with Gasteiger partial charge in [0.1, 0.15) is 0 Å². The molecular weight excluding hydrogens is 410 g/mol. The third kappa shape index (κ3) is 7.07. The largest absolute Gasteiger partial charge is 0.345 e. The summed E-state index contributed by atoms with van der Waals surface area (Å²) in [5.74, 6) is -0.00238. The maximum atomic E-state index is 13.5. The summed E-state index contributed by atoms with van der Waals surface area (Å²) in [7, 11) is 0. The van der Waals surface area contributed by atoms with Crippen LogP contribution in [0.3, 0.4) is 0 Å². The van der Waals surface area contributed by atoms with Gasteiger partial charge in [-0.2, -0.15) is 0 Å². The van der Waals surface area contributed by atoms with Crippen LogP contribution >= 0.6 is 0 Å². The number of carbonyl (C=O) groups excluding carboxylic acids is 2. The lowest BCUT2D eigenvalue weighted by molar-refractivity contribution is -0.142. The fraction of sp³-hybridized carbons (Fsp3) is 0.357. The van der Waals surface area contributed by atoms with Crippen LogP contribution in [0.1, 0.15) is 50.4 Å². The lowest BCUT2D eigenvalue weighted by atomic mass is 10.2. The fourth-order valence-corrected chi connectivity index (χ4v) is 3.92. The van der Waals surface area contributed by atoms with Crippen molar-refractivity contribution < 1.29 is 9.59 Å². The van der Waals surface area contributed by atoms with E-state index in [2.05, 4.69) is 29.0 Å². The maximum absolute atomic E-state index is 13.5. The molecule has 5 heteroatoms. The Kier molecular flexibility index (Phi) is 8.87. The molecule has 0 bridgehead atoms. The molecule has 0 radical (unpaired) electrons. The molecule has 0 saturated heterocycles. The Labute approximate surface area is 197 Å². The lowest BCUT2D eigenvalue weighted by Crippen LogP contribution is -2.45. The average Bonchev–Trinajstić information content (AvgIpc) is 3.24. The first-order chi connectivity index (χ1) is 16.0. The summed E-state index contributed by atoms with van der Waals surface area (Å²) < 4.78 is 2.18. The molecule has 0 aliphatic carbocycles. The minimum absolute atomic E-state index is 0.0199. The Morgan fingerprint density at radius 1 is 0.818 bits per heavy atom. The smallest absolute Gasteiger partial charge is 0.242 e. The molecule has 2 aromatic carbocycles. The summed E-state index contributed by atoms with van der Waals surface area (Å²) in [6.45, 7) is 7.76. The Balaban J connectivity index is 1.81. The lowest BCUT2D eigenvalue weighted by Gasteiger charge is -2.30. The van der Waals surface area contributed by atoms with Gasteiger partial charge in [0.15, 0.2) is 0 Å². The molecule has 0 spiro atoms. The van der Waals surface area contributed by atoms with E-state index in [1.165, 1.54) is 5.56 Å². The summed E-state index contributed by atoms with van der Waals surface area (Å²) in [6.07, 6.45) is 3.29. The van der Waals surface area contributed by atoms with Crippen LogP contribution in [-0.4, -0.2) is 38.8 Å². The molecule has 5 nitrogen and oxygen atoms in total. The fourth-order valence-electron chi connectivity index (χ4n) is 3.92. The second kappa shape index (κ2) is 12.0. The van der Waals surface area contributed by atoms with Crippen molar-refractivity contribution in [3.05, 3.63) is 95.8 Å². The first kappa shape index (κ1) is 24.3. The van der Waals surface area contributed by atoms with E-state index in [1.54, 1.807) is 4.90 Å². The van der Waals surface area contributed by atoms with E-state index >= 15 is 0 Å². The van der Waals surface area contributed by atoms with Crippen LogP contribution in [0.5, 0.6) is 0 Å². The highest BCUT2D eigenvalue weighted by atomic mass is 16.2. The van der Waals surface area contributed by atoms with Gasteiger partial charge in [-0.25, -0.2) is 0 Å². The molecule has 2 amide bonds. The van der Waals surface area contributed by atoms with E-state index < -0.39 is 0 Å². The molecule has 3 rings (SSSR count). The van der Waals surface area contributed by atoms with Crippen molar-refractivity contribution in [1.29, 1.82) is 0 Å². The van der Waals surface area contributed by atoms with Gasteiger partial charge in [-0.05, 0) is 43.5 Å². The minimum Gasteiger partial charge on any atom is -0.345 e. The number of rotatable bonds is 11. The Morgan fingerprint density at radius 2 is 1.45 bits per heavy atom. The quantitative estimate of drug-likeness (QED) is 0.412. The molecule has 0 fully saturated rings. The predicted molar refractivity (Wildman–Crippen MR) is 132 cm³/mol.